The van der Waals surface area contributed by atoms with Gasteiger partial charge in [0.1, 0.15) is 5.82 Å². The van der Waals surface area contributed by atoms with E-state index < -0.39 is 16.1 Å². The minimum atomic E-state index is -3.48. The van der Waals surface area contributed by atoms with E-state index in [1.54, 1.807) is 36.4 Å². The average Bonchev–Trinajstić information content (AvgIpc) is 2.48. The smallest absolute Gasteiger partial charge is 0.215 e. The molecule has 1 atom stereocenters. The number of hydrogen-bond donors (Lipinski definition) is 1. The van der Waals surface area contributed by atoms with Gasteiger partial charge in [-0.1, -0.05) is 42.5 Å². The molecule has 0 aliphatic rings. The summed E-state index contributed by atoms with van der Waals surface area (Å²) in [6.45, 7) is 0.0507. The van der Waals surface area contributed by atoms with Crippen molar-refractivity contribution in [2.24, 2.45) is 0 Å². The second-order valence-corrected chi connectivity index (χ2v) is 6.68. The van der Waals surface area contributed by atoms with E-state index in [0.717, 1.165) is 0 Å². The molecule has 1 unspecified atom stereocenters. The summed E-state index contributed by atoms with van der Waals surface area (Å²) >= 11 is 0. The third-order valence-electron chi connectivity index (χ3n) is 3.19. The molecule has 0 radical (unpaired) electrons. The number of methoxy groups -OCH3 is 1. The Kier molecular flexibility index (Phi) is 5.65. The van der Waals surface area contributed by atoms with Gasteiger partial charge in [0.05, 0.1) is 11.9 Å². The lowest BCUT2D eigenvalue weighted by Gasteiger charge is -2.16. The first-order valence-electron chi connectivity index (χ1n) is 6.80. The molecule has 2 aromatic rings. The summed E-state index contributed by atoms with van der Waals surface area (Å²) in [5.74, 6) is -0.486. The molecule has 2 rings (SSSR count). The van der Waals surface area contributed by atoms with Gasteiger partial charge in [0.2, 0.25) is 10.0 Å². The van der Waals surface area contributed by atoms with Crippen LogP contribution in [0.25, 0.3) is 0 Å². The van der Waals surface area contributed by atoms with Crippen LogP contribution in [0.5, 0.6) is 0 Å². The lowest BCUT2D eigenvalue weighted by atomic mass is 10.1. The van der Waals surface area contributed by atoms with Crippen LogP contribution in [0.4, 0.5) is 4.39 Å². The molecule has 118 valence electrons. The molecule has 4 nitrogen and oxygen atoms in total. The number of ether oxygens (including phenoxy) is 1. The number of hydrogen-bond acceptors (Lipinski definition) is 3. The Bertz CT molecular complexity index is 704. The van der Waals surface area contributed by atoms with Gasteiger partial charge >= 0.3 is 0 Å². The topological polar surface area (TPSA) is 55.4 Å². The zero-order valence-electron chi connectivity index (χ0n) is 12.2. The van der Waals surface area contributed by atoms with Gasteiger partial charge in [0.15, 0.2) is 0 Å². The Hall–Kier alpha value is -1.76. The Morgan fingerprint density at radius 3 is 2.50 bits per heavy atom. The highest BCUT2D eigenvalue weighted by Crippen LogP contribution is 2.17. The molecule has 22 heavy (non-hydrogen) atoms. The first kappa shape index (κ1) is 16.6. The van der Waals surface area contributed by atoms with Gasteiger partial charge in [-0.2, -0.15) is 0 Å². The molecule has 6 heteroatoms. The lowest BCUT2D eigenvalue weighted by molar-refractivity contribution is 0.107. The summed E-state index contributed by atoms with van der Waals surface area (Å²) < 4.78 is 45.1. The standard InChI is InChI=1S/C16H18FNO3S/c1-21-16(14-8-5-9-15(17)10-14)11-18-22(19,20)12-13-6-3-2-4-7-13/h2-10,16,18H,11-12H2,1H3. The molecule has 2 aromatic carbocycles. The summed E-state index contributed by atoms with van der Waals surface area (Å²) in [5.41, 5.74) is 1.29. The molecular weight excluding hydrogens is 305 g/mol. The largest absolute Gasteiger partial charge is 0.375 e. The average molecular weight is 323 g/mol. The molecular formula is C16H18FNO3S. The van der Waals surface area contributed by atoms with Gasteiger partial charge in [-0.05, 0) is 23.3 Å². The van der Waals surface area contributed by atoms with Gasteiger partial charge in [-0.3, -0.25) is 0 Å². The van der Waals surface area contributed by atoms with Crippen LogP contribution < -0.4 is 4.72 Å². The van der Waals surface area contributed by atoms with Gasteiger partial charge in [-0.25, -0.2) is 17.5 Å². The molecule has 1 N–H and O–H groups in total. The van der Waals surface area contributed by atoms with Crippen molar-refractivity contribution in [3.8, 4) is 0 Å². The molecule has 0 spiro atoms. The van der Waals surface area contributed by atoms with Gasteiger partial charge in [0.25, 0.3) is 0 Å². The molecule has 0 saturated carbocycles. The fourth-order valence-corrected chi connectivity index (χ4v) is 3.23. The zero-order valence-corrected chi connectivity index (χ0v) is 13.0. The van der Waals surface area contributed by atoms with E-state index in [-0.39, 0.29) is 18.1 Å². The van der Waals surface area contributed by atoms with Crippen molar-refractivity contribution in [3.05, 3.63) is 71.5 Å². The van der Waals surface area contributed by atoms with E-state index in [1.807, 2.05) is 6.07 Å². The van der Waals surface area contributed by atoms with Crippen LogP contribution in [0.1, 0.15) is 17.2 Å². The number of halogens is 1. The minimum absolute atomic E-state index is 0.0507. The Labute approximate surface area is 130 Å². The quantitative estimate of drug-likeness (QED) is 0.852. The van der Waals surface area contributed by atoms with Crippen molar-refractivity contribution in [2.75, 3.05) is 13.7 Å². The summed E-state index contributed by atoms with van der Waals surface area (Å²) in [5, 5.41) is 0. The van der Waals surface area contributed by atoms with Crippen LogP contribution in [0.2, 0.25) is 0 Å². The molecule has 0 bridgehead atoms. The fourth-order valence-electron chi connectivity index (χ4n) is 2.09. The van der Waals surface area contributed by atoms with E-state index in [2.05, 4.69) is 4.72 Å². The van der Waals surface area contributed by atoms with Crippen LogP contribution in [0.15, 0.2) is 54.6 Å². The summed E-state index contributed by atoms with van der Waals surface area (Å²) in [7, 11) is -2.02. The Morgan fingerprint density at radius 2 is 1.86 bits per heavy atom. The first-order valence-corrected chi connectivity index (χ1v) is 8.45. The molecule has 0 aliphatic heterocycles. The third kappa shape index (κ3) is 4.91. The van der Waals surface area contributed by atoms with Crippen molar-refractivity contribution in [2.45, 2.75) is 11.9 Å². The van der Waals surface area contributed by atoms with Crippen molar-refractivity contribution >= 4 is 10.0 Å². The maximum absolute atomic E-state index is 13.2. The molecule has 0 heterocycles. The summed E-state index contributed by atoms with van der Waals surface area (Å²) in [6.07, 6.45) is -0.541. The Balaban J connectivity index is 2.00. The lowest BCUT2D eigenvalue weighted by Crippen LogP contribution is -2.30. The fraction of sp³-hybridized carbons (Fsp3) is 0.250. The van der Waals surface area contributed by atoms with Gasteiger partial charge in [-0.15, -0.1) is 0 Å². The molecule has 0 fully saturated rings. The maximum atomic E-state index is 13.2. The number of nitrogens with one attached hydrogen (secondary N) is 1. The predicted molar refractivity (Wildman–Crippen MR) is 83.2 cm³/mol. The van der Waals surface area contributed by atoms with Gasteiger partial charge in [0, 0.05) is 13.7 Å². The Morgan fingerprint density at radius 1 is 1.14 bits per heavy atom. The predicted octanol–water partition coefficient (Wildman–Crippen LogP) is 2.63. The molecule has 0 aliphatic carbocycles. The van der Waals surface area contributed by atoms with E-state index in [4.69, 9.17) is 4.74 Å². The van der Waals surface area contributed by atoms with Crippen LogP contribution in [0, 0.1) is 5.82 Å². The monoisotopic (exact) mass is 323 g/mol. The van der Waals surface area contributed by atoms with Crippen LogP contribution in [-0.4, -0.2) is 22.1 Å². The van der Waals surface area contributed by atoms with E-state index in [0.29, 0.717) is 11.1 Å². The highest BCUT2D eigenvalue weighted by Gasteiger charge is 2.16. The second-order valence-electron chi connectivity index (χ2n) is 4.87. The van der Waals surface area contributed by atoms with E-state index in [9.17, 15) is 12.8 Å². The number of sulfonamides is 1. The molecule has 0 amide bonds. The van der Waals surface area contributed by atoms with Crippen LogP contribution in [-0.2, 0) is 20.5 Å². The van der Waals surface area contributed by atoms with Gasteiger partial charge < -0.3 is 4.74 Å². The number of benzene rings is 2. The van der Waals surface area contributed by atoms with Crippen LogP contribution in [0.3, 0.4) is 0 Å². The summed E-state index contributed by atoms with van der Waals surface area (Å²) in [4.78, 5) is 0. The first-order chi connectivity index (χ1) is 10.5. The normalized spacial score (nSPS) is 13.0. The third-order valence-corrected chi connectivity index (χ3v) is 4.51. The van der Waals surface area contributed by atoms with Crippen molar-refractivity contribution in [1.82, 2.24) is 4.72 Å². The maximum Gasteiger partial charge on any atom is 0.215 e. The SMILES string of the molecule is COC(CNS(=O)(=O)Cc1ccccc1)c1cccc(F)c1. The minimum Gasteiger partial charge on any atom is -0.375 e. The highest BCUT2D eigenvalue weighted by molar-refractivity contribution is 7.88. The van der Waals surface area contributed by atoms with Crippen molar-refractivity contribution < 1.29 is 17.5 Å². The van der Waals surface area contributed by atoms with Crippen LogP contribution >= 0.6 is 0 Å². The number of rotatable bonds is 7. The van der Waals surface area contributed by atoms with Crippen molar-refractivity contribution in [3.63, 3.8) is 0 Å². The second kappa shape index (κ2) is 7.49. The van der Waals surface area contributed by atoms with E-state index in [1.165, 1.54) is 19.2 Å². The molecule has 0 saturated heterocycles. The van der Waals surface area contributed by atoms with Crippen molar-refractivity contribution in [1.29, 1.82) is 0 Å². The molecule has 0 aromatic heterocycles. The highest BCUT2D eigenvalue weighted by atomic mass is 32.2. The van der Waals surface area contributed by atoms with E-state index >= 15 is 0 Å². The zero-order chi connectivity index (χ0) is 16.0. The summed E-state index contributed by atoms with van der Waals surface area (Å²) in [6, 6.07) is 14.8.